The Labute approximate surface area is 128 Å². The van der Waals surface area contributed by atoms with Gasteiger partial charge >= 0.3 is 0 Å². The minimum absolute atomic E-state index is 0.00770. The van der Waals surface area contributed by atoms with Gasteiger partial charge in [0.1, 0.15) is 5.82 Å². The monoisotopic (exact) mass is 322 g/mol. The standard InChI is InChI=1S/C15H15FN2O3S/c1-10(11-4-8-14(9-5-11)22(17,20)21)18-15(19)12-2-6-13(16)7-3-12/h2-10H,1H3,(H,18,19)(H2,17,20,21). The van der Waals surface area contributed by atoms with Crippen LogP contribution in [0.25, 0.3) is 0 Å². The molecular formula is C15H15FN2O3S. The van der Waals surface area contributed by atoms with E-state index in [1.54, 1.807) is 19.1 Å². The van der Waals surface area contributed by atoms with Crippen molar-refractivity contribution in [2.24, 2.45) is 5.14 Å². The molecule has 0 bridgehead atoms. The average Bonchev–Trinajstić information content (AvgIpc) is 2.47. The average molecular weight is 322 g/mol. The van der Waals surface area contributed by atoms with E-state index in [9.17, 15) is 17.6 Å². The van der Waals surface area contributed by atoms with Crippen LogP contribution in [0.4, 0.5) is 4.39 Å². The first kappa shape index (κ1) is 16.1. The maximum absolute atomic E-state index is 12.8. The number of nitrogens with two attached hydrogens (primary N) is 1. The highest BCUT2D eigenvalue weighted by atomic mass is 32.2. The van der Waals surface area contributed by atoms with Crippen molar-refractivity contribution < 1.29 is 17.6 Å². The number of sulfonamides is 1. The van der Waals surface area contributed by atoms with E-state index in [0.717, 1.165) is 5.56 Å². The molecule has 2 rings (SSSR count). The molecule has 0 aliphatic rings. The Morgan fingerprint density at radius 2 is 1.64 bits per heavy atom. The predicted molar refractivity (Wildman–Crippen MR) is 80.1 cm³/mol. The lowest BCUT2D eigenvalue weighted by Crippen LogP contribution is -2.26. The first-order chi connectivity index (χ1) is 10.3. The molecule has 2 aromatic rings. The summed E-state index contributed by atoms with van der Waals surface area (Å²) >= 11 is 0. The van der Waals surface area contributed by atoms with E-state index in [-0.39, 0.29) is 16.8 Å². The van der Waals surface area contributed by atoms with Gasteiger partial charge in [0.15, 0.2) is 0 Å². The second-order valence-corrected chi connectivity index (χ2v) is 6.38. The van der Waals surface area contributed by atoms with Gasteiger partial charge in [-0.25, -0.2) is 17.9 Å². The van der Waals surface area contributed by atoms with Crippen molar-refractivity contribution in [1.82, 2.24) is 5.32 Å². The van der Waals surface area contributed by atoms with Gasteiger partial charge in [0.05, 0.1) is 10.9 Å². The van der Waals surface area contributed by atoms with Gasteiger partial charge in [-0.3, -0.25) is 4.79 Å². The van der Waals surface area contributed by atoms with Gasteiger partial charge in [0, 0.05) is 5.56 Å². The fraction of sp³-hybridized carbons (Fsp3) is 0.133. The summed E-state index contributed by atoms with van der Waals surface area (Å²) in [7, 11) is -3.74. The molecule has 0 fully saturated rings. The molecule has 116 valence electrons. The largest absolute Gasteiger partial charge is 0.346 e. The number of nitrogens with one attached hydrogen (secondary N) is 1. The SMILES string of the molecule is CC(NC(=O)c1ccc(F)cc1)c1ccc(S(N)(=O)=O)cc1. The third-order valence-corrected chi connectivity index (χ3v) is 4.09. The van der Waals surface area contributed by atoms with E-state index < -0.39 is 15.8 Å². The lowest BCUT2D eigenvalue weighted by Gasteiger charge is -2.14. The highest BCUT2D eigenvalue weighted by Crippen LogP contribution is 2.16. The number of hydrogen-bond donors (Lipinski definition) is 2. The van der Waals surface area contributed by atoms with Gasteiger partial charge in [-0.1, -0.05) is 12.1 Å². The predicted octanol–water partition coefficient (Wildman–Crippen LogP) is 1.96. The van der Waals surface area contributed by atoms with E-state index >= 15 is 0 Å². The number of carbonyl (C=O) groups excluding carboxylic acids is 1. The molecule has 1 atom stereocenters. The molecule has 0 aromatic heterocycles. The van der Waals surface area contributed by atoms with Crippen LogP contribution < -0.4 is 10.5 Å². The second-order valence-electron chi connectivity index (χ2n) is 4.82. The van der Waals surface area contributed by atoms with Crippen molar-refractivity contribution in [2.75, 3.05) is 0 Å². The molecule has 3 N–H and O–H groups in total. The molecule has 1 unspecified atom stereocenters. The van der Waals surface area contributed by atoms with Crippen molar-refractivity contribution in [3.8, 4) is 0 Å². The minimum Gasteiger partial charge on any atom is -0.346 e. The summed E-state index contributed by atoms with van der Waals surface area (Å²) < 4.78 is 35.2. The topological polar surface area (TPSA) is 89.3 Å². The van der Waals surface area contributed by atoms with E-state index in [1.807, 2.05) is 0 Å². The van der Waals surface area contributed by atoms with Crippen LogP contribution >= 0.6 is 0 Å². The summed E-state index contributed by atoms with van der Waals surface area (Å²) in [5.74, 6) is -0.758. The summed E-state index contributed by atoms with van der Waals surface area (Å²) in [6.07, 6.45) is 0. The normalized spacial score (nSPS) is 12.7. The Kier molecular flexibility index (Phi) is 4.58. The molecule has 0 aliphatic heterocycles. The molecular weight excluding hydrogens is 307 g/mol. The summed E-state index contributed by atoms with van der Waals surface area (Å²) in [4.78, 5) is 12.0. The van der Waals surface area contributed by atoms with E-state index in [1.165, 1.54) is 36.4 Å². The van der Waals surface area contributed by atoms with E-state index in [4.69, 9.17) is 5.14 Å². The highest BCUT2D eigenvalue weighted by molar-refractivity contribution is 7.89. The van der Waals surface area contributed by atoms with Crippen LogP contribution in [0, 0.1) is 5.82 Å². The molecule has 5 nitrogen and oxygen atoms in total. The molecule has 0 saturated carbocycles. The third-order valence-electron chi connectivity index (χ3n) is 3.16. The van der Waals surface area contributed by atoms with Crippen LogP contribution in [0.5, 0.6) is 0 Å². The van der Waals surface area contributed by atoms with Gasteiger partial charge in [-0.05, 0) is 48.9 Å². The Balaban J connectivity index is 2.10. The van der Waals surface area contributed by atoms with E-state index in [2.05, 4.69) is 5.32 Å². The highest BCUT2D eigenvalue weighted by Gasteiger charge is 2.13. The second kappa shape index (κ2) is 6.25. The zero-order valence-corrected chi connectivity index (χ0v) is 12.6. The molecule has 0 radical (unpaired) electrons. The fourth-order valence-electron chi connectivity index (χ4n) is 1.91. The van der Waals surface area contributed by atoms with Crippen LogP contribution in [0.1, 0.15) is 28.9 Å². The maximum atomic E-state index is 12.8. The molecule has 0 heterocycles. The van der Waals surface area contributed by atoms with Crippen LogP contribution in [0.2, 0.25) is 0 Å². The summed E-state index contributed by atoms with van der Waals surface area (Å²) in [5, 5.41) is 7.77. The quantitative estimate of drug-likeness (QED) is 0.902. The van der Waals surface area contributed by atoms with Crippen LogP contribution in [0.15, 0.2) is 53.4 Å². The zero-order chi connectivity index (χ0) is 16.3. The number of amides is 1. The van der Waals surface area contributed by atoms with Crippen molar-refractivity contribution >= 4 is 15.9 Å². The summed E-state index contributed by atoms with van der Waals surface area (Å²) in [6, 6.07) is 10.8. The first-order valence-corrected chi connectivity index (χ1v) is 8.01. The number of hydrogen-bond acceptors (Lipinski definition) is 3. The fourth-order valence-corrected chi connectivity index (χ4v) is 2.43. The molecule has 0 saturated heterocycles. The number of primary sulfonamides is 1. The van der Waals surface area contributed by atoms with Crippen molar-refractivity contribution in [2.45, 2.75) is 17.9 Å². The maximum Gasteiger partial charge on any atom is 0.251 e. The Morgan fingerprint density at radius 1 is 1.09 bits per heavy atom. The first-order valence-electron chi connectivity index (χ1n) is 6.46. The van der Waals surface area contributed by atoms with Crippen molar-refractivity contribution in [1.29, 1.82) is 0 Å². The molecule has 0 aliphatic carbocycles. The molecule has 22 heavy (non-hydrogen) atoms. The van der Waals surface area contributed by atoms with Gasteiger partial charge < -0.3 is 5.32 Å². The Hall–Kier alpha value is -2.25. The number of benzene rings is 2. The minimum atomic E-state index is -3.74. The number of rotatable bonds is 4. The molecule has 1 amide bonds. The Bertz CT molecular complexity index is 771. The molecule has 0 spiro atoms. The number of halogens is 1. The zero-order valence-electron chi connectivity index (χ0n) is 11.8. The summed E-state index contributed by atoms with van der Waals surface area (Å²) in [5.41, 5.74) is 1.07. The van der Waals surface area contributed by atoms with Crippen LogP contribution in [-0.4, -0.2) is 14.3 Å². The lowest BCUT2D eigenvalue weighted by atomic mass is 10.1. The van der Waals surface area contributed by atoms with Gasteiger partial charge in [-0.15, -0.1) is 0 Å². The van der Waals surface area contributed by atoms with Gasteiger partial charge in [0.25, 0.3) is 5.91 Å². The molecule has 7 heteroatoms. The van der Waals surface area contributed by atoms with Crippen molar-refractivity contribution in [3.05, 3.63) is 65.5 Å². The van der Waals surface area contributed by atoms with E-state index in [0.29, 0.717) is 5.56 Å². The van der Waals surface area contributed by atoms with Gasteiger partial charge in [0.2, 0.25) is 10.0 Å². The van der Waals surface area contributed by atoms with Gasteiger partial charge in [-0.2, -0.15) is 0 Å². The lowest BCUT2D eigenvalue weighted by molar-refractivity contribution is 0.0940. The van der Waals surface area contributed by atoms with Crippen molar-refractivity contribution in [3.63, 3.8) is 0 Å². The summed E-state index contributed by atoms with van der Waals surface area (Å²) in [6.45, 7) is 1.76. The van der Waals surface area contributed by atoms with Crippen LogP contribution in [0.3, 0.4) is 0 Å². The van der Waals surface area contributed by atoms with Crippen LogP contribution in [-0.2, 0) is 10.0 Å². The smallest absolute Gasteiger partial charge is 0.251 e. The number of carbonyl (C=O) groups is 1. The Morgan fingerprint density at radius 3 is 2.14 bits per heavy atom. The third kappa shape index (κ3) is 3.90. The molecule has 2 aromatic carbocycles.